The molecule has 0 bridgehead atoms. The maximum atomic E-state index is 12.2. The number of aryl methyl sites for hydroxylation is 2. The number of carbonyl (C=O) groups excluding carboxylic acids is 1. The summed E-state index contributed by atoms with van der Waals surface area (Å²) in [4.78, 5) is 16.1. The normalized spacial score (nSPS) is 11.7. The Kier molecular flexibility index (Phi) is 3.99. The summed E-state index contributed by atoms with van der Waals surface area (Å²) < 4.78 is 26.7. The van der Waals surface area contributed by atoms with E-state index in [1.54, 1.807) is 12.3 Å². The van der Waals surface area contributed by atoms with E-state index in [2.05, 4.69) is 9.71 Å². The summed E-state index contributed by atoms with van der Waals surface area (Å²) in [6.07, 6.45) is 1.76. The van der Waals surface area contributed by atoms with Crippen LogP contribution in [0.2, 0.25) is 0 Å². The smallest absolute Gasteiger partial charge is 0.273 e. The predicted molar refractivity (Wildman–Crippen MR) is 91.1 cm³/mol. The first-order valence-corrected chi connectivity index (χ1v) is 9.34. The van der Waals surface area contributed by atoms with Crippen molar-refractivity contribution in [2.45, 2.75) is 24.5 Å². The lowest BCUT2D eigenvalue weighted by Crippen LogP contribution is -2.31. The van der Waals surface area contributed by atoms with Crippen LogP contribution in [-0.4, -0.2) is 19.3 Å². The molecule has 2 heterocycles. The van der Waals surface area contributed by atoms with Crippen molar-refractivity contribution in [3.63, 3.8) is 0 Å². The SMILES string of the molecule is Cc1ccc(S(=O)(=O)NC(=O)Cc2c[nH]c3cccc(C)c23)s1. The molecule has 120 valence electrons. The second kappa shape index (κ2) is 5.82. The van der Waals surface area contributed by atoms with Gasteiger partial charge in [0, 0.05) is 22.0 Å². The van der Waals surface area contributed by atoms with E-state index < -0.39 is 15.9 Å². The van der Waals surface area contributed by atoms with Crippen LogP contribution in [0.25, 0.3) is 10.9 Å². The number of thiophene rings is 1. The van der Waals surface area contributed by atoms with Crippen LogP contribution in [0, 0.1) is 13.8 Å². The monoisotopic (exact) mass is 348 g/mol. The number of sulfonamides is 1. The standard InChI is InChI=1S/C16H16N2O3S2/c1-10-4-3-5-13-16(10)12(9-17-13)8-14(19)18-23(20,21)15-7-6-11(2)22-15/h3-7,9,17H,8H2,1-2H3,(H,18,19). The third-order valence-corrected chi connectivity index (χ3v) is 6.44. The Morgan fingerprint density at radius 3 is 2.70 bits per heavy atom. The molecule has 5 nitrogen and oxygen atoms in total. The number of rotatable bonds is 4. The van der Waals surface area contributed by atoms with E-state index in [0.717, 1.165) is 38.2 Å². The van der Waals surface area contributed by atoms with Crippen molar-refractivity contribution in [1.29, 1.82) is 0 Å². The van der Waals surface area contributed by atoms with Crippen LogP contribution >= 0.6 is 11.3 Å². The molecular formula is C16H16N2O3S2. The van der Waals surface area contributed by atoms with Crippen LogP contribution in [0.15, 0.2) is 40.7 Å². The lowest BCUT2D eigenvalue weighted by atomic mass is 10.1. The molecular weight excluding hydrogens is 332 g/mol. The molecule has 0 atom stereocenters. The number of carbonyl (C=O) groups is 1. The molecule has 0 unspecified atom stereocenters. The molecule has 0 saturated heterocycles. The van der Waals surface area contributed by atoms with E-state index in [-0.39, 0.29) is 10.6 Å². The fraction of sp³-hybridized carbons (Fsp3) is 0.188. The Balaban J connectivity index is 1.82. The first kappa shape index (κ1) is 15.8. The lowest BCUT2D eigenvalue weighted by Gasteiger charge is -2.05. The number of aromatic amines is 1. The van der Waals surface area contributed by atoms with Gasteiger partial charge in [-0.3, -0.25) is 4.79 Å². The molecule has 7 heteroatoms. The van der Waals surface area contributed by atoms with Crippen LogP contribution in [0.3, 0.4) is 0 Å². The van der Waals surface area contributed by atoms with Gasteiger partial charge in [-0.25, -0.2) is 13.1 Å². The van der Waals surface area contributed by atoms with E-state index in [9.17, 15) is 13.2 Å². The number of aromatic nitrogens is 1. The van der Waals surface area contributed by atoms with Gasteiger partial charge in [-0.15, -0.1) is 11.3 Å². The quantitative estimate of drug-likeness (QED) is 0.761. The average molecular weight is 348 g/mol. The minimum absolute atomic E-state index is 0.00837. The van der Waals surface area contributed by atoms with Gasteiger partial charge in [-0.2, -0.15) is 0 Å². The molecule has 2 N–H and O–H groups in total. The summed E-state index contributed by atoms with van der Waals surface area (Å²) >= 11 is 1.14. The zero-order chi connectivity index (χ0) is 16.6. The second-order valence-electron chi connectivity index (χ2n) is 5.38. The largest absolute Gasteiger partial charge is 0.361 e. The third kappa shape index (κ3) is 3.16. The highest BCUT2D eigenvalue weighted by molar-refractivity contribution is 7.92. The van der Waals surface area contributed by atoms with E-state index >= 15 is 0 Å². The number of amides is 1. The molecule has 2 aromatic heterocycles. The first-order valence-electron chi connectivity index (χ1n) is 7.04. The van der Waals surface area contributed by atoms with Gasteiger partial charge >= 0.3 is 0 Å². The van der Waals surface area contributed by atoms with E-state index in [0.29, 0.717) is 0 Å². The molecule has 1 amide bonds. The fourth-order valence-electron chi connectivity index (χ4n) is 2.56. The van der Waals surface area contributed by atoms with Gasteiger partial charge in [0.25, 0.3) is 10.0 Å². The minimum atomic E-state index is -3.80. The average Bonchev–Trinajstić information content (AvgIpc) is 3.06. The predicted octanol–water partition coefficient (Wildman–Crippen LogP) is 2.89. The summed E-state index contributed by atoms with van der Waals surface area (Å²) in [6.45, 7) is 3.78. The molecule has 0 aliphatic heterocycles. The van der Waals surface area contributed by atoms with Crippen molar-refractivity contribution in [3.8, 4) is 0 Å². The Morgan fingerprint density at radius 1 is 1.22 bits per heavy atom. The summed E-state index contributed by atoms with van der Waals surface area (Å²) in [5, 5.41) is 0.965. The Hall–Kier alpha value is -2.12. The number of benzene rings is 1. The summed E-state index contributed by atoms with van der Waals surface area (Å²) in [5.74, 6) is -0.541. The van der Waals surface area contributed by atoms with Crippen LogP contribution < -0.4 is 4.72 Å². The Bertz CT molecular complexity index is 984. The molecule has 23 heavy (non-hydrogen) atoms. The van der Waals surface area contributed by atoms with Crippen molar-refractivity contribution in [2.75, 3.05) is 0 Å². The summed E-state index contributed by atoms with van der Waals surface area (Å²) in [7, 11) is -3.80. The Labute approximate surface area is 138 Å². The minimum Gasteiger partial charge on any atom is -0.361 e. The molecule has 0 aliphatic rings. The highest BCUT2D eigenvalue weighted by atomic mass is 32.2. The van der Waals surface area contributed by atoms with Gasteiger partial charge in [0.05, 0.1) is 6.42 Å². The zero-order valence-electron chi connectivity index (χ0n) is 12.7. The number of hydrogen-bond acceptors (Lipinski definition) is 4. The van der Waals surface area contributed by atoms with Crippen LogP contribution in [0.5, 0.6) is 0 Å². The van der Waals surface area contributed by atoms with E-state index in [4.69, 9.17) is 0 Å². The number of nitrogens with one attached hydrogen (secondary N) is 2. The van der Waals surface area contributed by atoms with E-state index in [1.807, 2.05) is 32.0 Å². The maximum absolute atomic E-state index is 12.2. The van der Waals surface area contributed by atoms with Crippen LogP contribution in [0.4, 0.5) is 0 Å². The second-order valence-corrected chi connectivity index (χ2v) is 8.58. The van der Waals surface area contributed by atoms with Gasteiger partial charge in [0.15, 0.2) is 0 Å². The third-order valence-electron chi connectivity index (χ3n) is 3.58. The fourth-order valence-corrected chi connectivity index (χ4v) is 4.82. The molecule has 1 aromatic carbocycles. The molecule has 0 fully saturated rings. The highest BCUT2D eigenvalue weighted by Crippen LogP contribution is 2.23. The summed E-state index contributed by atoms with van der Waals surface area (Å²) in [6, 6.07) is 9.04. The van der Waals surface area contributed by atoms with Crippen molar-refractivity contribution < 1.29 is 13.2 Å². The van der Waals surface area contributed by atoms with Crippen LogP contribution in [0.1, 0.15) is 16.0 Å². The molecule has 0 aliphatic carbocycles. The van der Waals surface area contributed by atoms with Crippen molar-refractivity contribution >= 4 is 38.2 Å². The molecule has 0 radical (unpaired) electrons. The van der Waals surface area contributed by atoms with E-state index in [1.165, 1.54) is 6.07 Å². The summed E-state index contributed by atoms with van der Waals surface area (Å²) in [5.41, 5.74) is 2.76. The van der Waals surface area contributed by atoms with Gasteiger partial charge in [0.2, 0.25) is 5.91 Å². The first-order chi connectivity index (χ1) is 10.9. The van der Waals surface area contributed by atoms with Gasteiger partial charge in [0.1, 0.15) is 4.21 Å². The zero-order valence-corrected chi connectivity index (χ0v) is 14.3. The molecule has 3 aromatic rings. The molecule has 0 saturated carbocycles. The molecule has 3 rings (SSSR count). The number of fused-ring (bicyclic) bond motifs is 1. The van der Waals surface area contributed by atoms with Crippen molar-refractivity contribution in [1.82, 2.24) is 9.71 Å². The Morgan fingerprint density at radius 2 is 2.00 bits per heavy atom. The van der Waals surface area contributed by atoms with Gasteiger partial charge < -0.3 is 4.98 Å². The lowest BCUT2D eigenvalue weighted by molar-refractivity contribution is -0.118. The molecule has 0 spiro atoms. The van der Waals surface area contributed by atoms with Crippen molar-refractivity contribution in [2.24, 2.45) is 0 Å². The number of hydrogen-bond donors (Lipinski definition) is 2. The highest BCUT2D eigenvalue weighted by Gasteiger charge is 2.20. The number of H-pyrrole nitrogens is 1. The van der Waals surface area contributed by atoms with Crippen molar-refractivity contribution in [3.05, 3.63) is 52.5 Å². The topological polar surface area (TPSA) is 79.0 Å². The van der Waals surface area contributed by atoms with Gasteiger partial charge in [-0.05, 0) is 43.2 Å². The maximum Gasteiger partial charge on any atom is 0.273 e. The van der Waals surface area contributed by atoms with Gasteiger partial charge in [-0.1, -0.05) is 12.1 Å². The van der Waals surface area contributed by atoms with Crippen LogP contribution in [-0.2, 0) is 21.2 Å².